The van der Waals surface area contributed by atoms with Gasteiger partial charge in [0.25, 0.3) is 0 Å². The number of ether oxygens (including phenoxy) is 5. The topological polar surface area (TPSA) is 197 Å². The molecule has 15 nitrogen and oxygen atoms in total. The predicted molar refractivity (Wildman–Crippen MR) is 177 cm³/mol. The van der Waals surface area contributed by atoms with E-state index in [0.717, 1.165) is 11.8 Å². The Morgan fingerprint density at radius 3 is 1.49 bits per heavy atom. The number of esters is 1. The van der Waals surface area contributed by atoms with Crippen molar-refractivity contribution < 1.29 is 52.5 Å². The molecular formula is C31H56N4O11S. The van der Waals surface area contributed by atoms with Gasteiger partial charge >= 0.3 is 29.6 Å². The Morgan fingerprint density at radius 1 is 0.596 bits per heavy atom. The van der Waals surface area contributed by atoms with Crippen LogP contribution in [-0.2, 0) is 33.3 Å². The molecule has 0 aromatic heterocycles. The zero-order valence-corrected chi connectivity index (χ0v) is 30.4. The van der Waals surface area contributed by atoms with Gasteiger partial charge in [0.15, 0.2) is 0 Å². The van der Waals surface area contributed by atoms with Crippen molar-refractivity contribution in [2.45, 2.75) is 137 Å². The highest BCUT2D eigenvalue weighted by Gasteiger charge is 2.29. The minimum atomic E-state index is -1.15. The number of thioether (sulfide) groups is 1. The van der Waals surface area contributed by atoms with Crippen molar-refractivity contribution in [2.24, 2.45) is 0 Å². The Labute approximate surface area is 283 Å². The third kappa shape index (κ3) is 25.4. The molecule has 272 valence electrons. The smallest absolute Gasteiger partial charge is 0.408 e. The number of hydrogen-bond acceptors (Lipinski definition) is 12. The van der Waals surface area contributed by atoms with Crippen LogP contribution < -0.4 is 21.3 Å². The third-order valence-electron chi connectivity index (χ3n) is 5.42. The highest BCUT2D eigenvalue weighted by molar-refractivity contribution is 8.13. The van der Waals surface area contributed by atoms with Crippen molar-refractivity contribution in [3.05, 3.63) is 0 Å². The van der Waals surface area contributed by atoms with Gasteiger partial charge in [-0.05, 0) is 113 Å². The van der Waals surface area contributed by atoms with Gasteiger partial charge < -0.3 is 45.0 Å². The highest BCUT2D eigenvalue weighted by atomic mass is 32.2. The third-order valence-corrected chi connectivity index (χ3v) is 6.07. The number of hydrogen-bond donors (Lipinski definition) is 4. The van der Waals surface area contributed by atoms with Crippen molar-refractivity contribution in [3.63, 3.8) is 0 Å². The molecule has 2 atom stereocenters. The summed E-state index contributed by atoms with van der Waals surface area (Å²) >= 11 is 0.906. The Kier molecular flexibility index (Phi) is 19.9. The molecular weight excluding hydrogens is 636 g/mol. The summed E-state index contributed by atoms with van der Waals surface area (Å²) < 4.78 is 25.7. The fraction of sp³-hybridized carbons (Fsp3) is 0.806. The van der Waals surface area contributed by atoms with E-state index in [9.17, 15) is 28.8 Å². The molecule has 47 heavy (non-hydrogen) atoms. The molecule has 0 aliphatic carbocycles. The molecule has 0 aliphatic heterocycles. The molecule has 4 N–H and O–H groups in total. The van der Waals surface area contributed by atoms with Gasteiger partial charge in [-0.15, -0.1) is 0 Å². The number of alkyl carbamates (subject to hydrolysis) is 3. The lowest BCUT2D eigenvalue weighted by molar-refractivity contribution is -0.155. The fourth-order valence-electron chi connectivity index (χ4n) is 3.59. The number of unbranched alkanes of at least 4 members (excludes halogenated alkanes) is 2. The summed E-state index contributed by atoms with van der Waals surface area (Å²) in [6.07, 6.45) is 0.0401. The Bertz CT molecular complexity index is 1020. The second-order valence-electron chi connectivity index (χ2n) is 13.5. The van der Waals surface area contributed by atoms with E-state index in [1.807, 2.05) is 0 Å². The van der Waals surface area contributed by atoms with Crippen LogP contribution in [0.2, 0.25) is 0 Å². The summed E-state index contributed by atoms with van der Waals surface area (Å²) in [6.45, 7) is 17.2. The van der Waals surface area contributed by atoms with E-state index in [1.165, 1.54) is 0 Å². The van der Waals surface area contributed by atoms with Gasteiger partial charge in [-0.3, -0.25) is 4.79 Å². The Balaban J connectivity index is 5.46. The van der Waals surface area contributed by atoms with Crippen LogP contribution >= 0.6 is 11.8 Å². The number of carbonyl (C=O) groups is 6. The second kappa shape index (κ2) is 21.4. The predicted octanol–water partition coefficient (Wildman–Crippen LogP) is 5.14. The van der Waals surface area contributed by atoms with E-state index >= 15 is 0 Å². The Hall–Kier alpha value is -3.43. The molecule has 0 aromatic carbocycles. The lowest BCUT2D eigenvalue weighted by Gasteiger charge is -2.25. The molecule has 4 amide bonds. The van der Waals surface area contributed by atoms with E-state index < -0.39 is 71.1 Å². The molecule has 0 aromatic rings. The van der Waals surface area contributed by atoms with Crippen molar-refractivity contribution in [2.75, 3.05) is 25.6 Å². The maximum Gasteiger partial charge on any atom is 0.408 e. The first-order valence-electron chi connectivity index (χ1n) is 15.8. The summed E-state index contributed by atoms with van der Waals surface area (Å²) in [5.74, 6) is -1.03. The van der Waals surface area contributed by atoms with E-state index in [2.05, 4.69) is 21.3 Å². The van der Waals surface area contributed by atoms with Crippen LogP contribution in [0.4, 0.5) is 19.2 Å². The fourth-order valence-corrected chi connectivity index (χ4v) is 3.96. The molecule has 16 heteroatoms. The standard InChI is InChI=1S/C31H56N4O11S/c1-11-47-28(41)43-20-42-24(37)22(17-13-15-19-33-26(39)45-30(5,6)7)34-23(36)21(35-27(40)46-31(8,9)10)16-12-14-18-32-25(38)44-29(2,3)4/h21-22H,11-20H2,1-10H3,(H,32,38)(H,33,39)(H,34,36)(H,35,40)/t21-,22-/m0/s1. The van der Waals surface area contributed by atoms with E-state index in [4.69, 9.17) is 23.7 Å². The first-order valence-corrected chi connectivity index (χ1v) is 16.8. The molecule has 0 fully saturated rings. The average Bonchev–Trinajstić information content (AvgIpc) is 2.88. The molecule has 0 rings (SSSR count). The zero-order chi connectivity index (χ0) is 36.3. The first-order chi connectivity index (χ1) is 21.6. The molecule has 0 radical (unpaired) electrons. The van der Waals surface area contributed by atoms with Gasteiger partial charge in [0, 0.05) is 18.8 Å². The number of amides is 4. The number of carbonyl (C=O) groups excluding carboxylic acids is 6. The van der Waals surface area contributed by atoms with Crippen LogP contribution in [0.3, 0.4) is 0 Å². The maximum atomic E-state index is 13.4. The van der Waals surface area contributed by atoms with Crippen LogP contribution in [0.1, 0.15) is 108 Å². The minimum Gasteiger partial charge on any atom is -0.444 e. The molecule has 0 heterocycles. The van der Waals surface area contributed by atoms with E-state index in [1.54, 1.807) is 69.2 Å². The largest absolute Gasteiger partial charge is 0.444 e. The average molecular weight is 693 g/mol. The summed E-state index contributed by atoms with van der Waals surface area (Å²) in [5, 5.41) is 9.85. The minimum absolute atomic E-state index is 0.122. The summed E-state index contributed by atoms with van der Waals surface area (Å²) in [4.78, 5) is 74.4. The van der Waals surface area contributed by atoms with Crippen molar-refractivity contribution in [3.8, 4) is 0 Å². The quantitative estimate of drug-likeness (QED) is 0.0679. The molecule has 0 saturated carbocycles. The summed E-state index contributed by atoms with van der Waals surface area (Å²) in [6, 6.07) is -2.24. The van der Waals surface area contributed by atoms with Gasteiger partial charge in [-0.25, -0.2) is 24.0 Å². The maximum absolute atomic E-state index is 13.4. The van der Waals surface area contributed by atoms with Crippen molar-refractivity contribution in [1.82, 2.24) is 21.3 Å². The summed E-state index contributed by atoms with van der Waals surface area (Å²) in [7, 11) is 0. The van der Waals surface area contributed by atoms with Crippen LogP contribution in [0, 0.1) is 0 Å². The van der Waals surface area contributed by atoms with Crippen LogP contribution in [0.15, 0.2) is 0 Å². The second-order valence-corrected chi connectivity index (χ2v) is 14.7. The molecule has 0 unspecified atom stereocenters. The van der Waals surface area contributed by atoms with Crippen LogP contribution in [0.5, 0.6) is 0 Å². The number of nitrogens with one attached hydrogen (secondary N) is 4. The SMILES string of the molecule is CCSC(=O)OCOC(=O)[C@H](CCCCNC(=O)OC(C)(C)C)NC(=O)[C@H](CCCCNC(=O)OC(C)(C)C)NC(=O)OC(C)(C)C. The normalized spacial score (nSPS) is 12.9. The number of rotatable bonds is 17. The molecule has 0 saturated heterocycles. The lowest BCUT2D eigenvalue weighted by atomic mass is 10.1. The van der Waals surface area contributed by atoms with Crippen LogP contribution in [0.25, 0.3) is 0 Å². The monoisotopic (exact) mass is 692 g/mol. The Morgan fingerprint density at radius 2 is 1.04 bits per heavy atom. The van der Waals surface area contributed by atoms with Crippen molar-refractivity contribution in [1.29, 1.82) is 0 Å². The zero-order valence-electron chi connectivity index (χ0n) is 29.6. The lowest BCUT2D eigenvalue weighted by Crippen LogP contribution is -2.52. The molecule has 0 spiro atoms. The van der Waals surface area contributed by atoms with Crippen molar-refractivity contribution >= 4 is 47.2 Å². The van der Waals surface area contributed by atoms with Gasteiger partial charge in [-0.1, -0.05) is 6.92 Å². The molecule has 0 bridgehead atoms. The van der Waals surface area contributed by atoms with E-state index in [0.29, 0.717) is 31.4 Å². The van der Waals surface area contributed by atoms with Gasteiger partial charge in [0.1, 0.15) is 28.9 Å². The first kappa shape index (κ1) is 43.6. The van der Waals surface area contributed by atoms with E-state index in [-0.39, 0.29) is 25.9 Å². The van der Waals surface area contributed by atoms with Gasteiger partial charge in [0.05, 0.1) is 0 Å². The van der Waals surface area contributed by atoms with Gasteiger partial charge in [0.2, 0.25) is 12.7 Å². The van der Waals surface area contributed by atoms with Crippen LogP contribution in [-0.4, -0.2) is 90.0 Å². The van der Waals surface area contributed by atoms with Gasteiger partial charge in [-0.2, -0.15) is 0 Å². The highest BCUT2D eigenvalue weighted by Crippen LogP contribution is 2.12. The molecule has 0 aliphatic rings. The summed E-state index contributed by atoms with van der Waals surface area (Å²) in [5.41, 5.74) is -2.12.